The molecule has 1 amide bonds. The zero-order valence-corrected chi connectivity index (χ0v) is 13.3. The quantitative estimate of drug-likeness (QED) is 0.886. The van der Waals surface area contributed by atoms with Crippen LogP contribution in [0.25, 0.3) is 0 Å². The van der Waals surface area contributed by atoms with Crippen molar-refractivity contribution in [2.45, 2.75) is 26.1 Å². The van der Waals surface area contributed by atoms with Gasteiger partial charge < -0.3 is 10.6 Å². The highest BCUT2D eigenvalue weighted by atomic mass is 19.4. The van der Waals surface area contributed by atoms with Gasteiger partial charge in [0.1, 0.15) is 6.04 Å². The lowest BCUT2D eigenvalue weighted by atomic mass is 10.0. The Labute approximate surface area is 134 Å². The lowest BCUT2D eigenvalue weighted by molar-refractivity contribution is -0.183. The molecule has 7 heteroatoms. The third kappa shape index (κ3) is 4.45. The van der Waals surface area contributed by atoms with Gasteiger partial charge in [0.2, 0.25) is 0 Å². The minimum atomic E-state index is -4.37. The topological polar surface area (TPSA) is 44.4 Å². The Kier molecular flexibility index (Phi) is 5.64. The maximum Gasteiger partial charge on any atom is 0.405 e. The number of carbonyl (C=O) groups is 1. The third-order valence-corrected chi connectivity index (χ3v) is 4.28. The van der Waals surface area contributed by atoms with E-state index in [-0.39, 0.29) is 0 Å². The number of alkyl halides is 3. The summed E-state index contributed by atoms with van der Waals surface area (Å²) < 4.78 is 39.9. The summed E-state index contributed by atoms with van der Waals surface area (Å²) in [6, 6.07) is 3.57. The van der Waals surface area contributed by atoms with E-state index in [0.717, 1.165) is 11.1 Å². The number of benzene rings is 1. The van der Waals surface area contributed by atoms with Gasteiger partial charge in [-0.15, -0.1) is 0 Å². The molecule has 0 saturated carbocycles. The Morgan fingerprint density at radius 1 is 1.30 bits per heavy atom. The van der Waals surface area contributed by atoms with Crippen molar-refractivity contribution in [3.63, 3.8) is 0 Å². The zero-order chi connectivity index (χ0) is 17.0. The van der Waals surface area contributed by atoms with Gasteiger partial charge in [-0.1, -0.05) is 12.1 Å². The monoisotopic (exact) mass is 329 g/mol. The van der Waals surface area contributed by atoms with Crippen LogP contribution in [0, 0.1) is 13.8 Å². The Bertz CT molecular complexity index is 554. The standard InChI is InChI=1S/C16H22F3N3O/c1-11-4-3-5-13(12(11)2)15(23)21-10-14(16(17,18)19)22-8-6-20-7-9-22/h3-5,14,20H,6-10H2,1-2H3,(H,21,23). The number of carbonyl (C=O) groups excluding carboxylic acids is 1. The van der Waals surface area contributed by atoms with Gasteiger partial charge >= 0.3 is 6.18 Å². The molecule has 1 unspecified atom stereocenters. The second-order valence-electron chi connectivity index (χ2n) is 5.80. The van der Waals surface area contributed by atoms with Gasteiger partial charge in [0.05, 0.1) is 0 Å². The molecule has 1 aliphatic rings. The van der Waals surface area contributed by atoms with Crippen molar-refractivity contribution in [1.82, 2.24) is 15.5 Å². The second-order valence-corrected chi connectivity index (χ2v) is 5.80. The van der Waals surface area contributed by atoms with Crippen LogP contribution in [0.1, 0.15) is 21.5 Å². The van der Waals surface area contributed by atoms with E-state index in [2.05, 4.69) is 10.6 Å². The fourth-order valence-corrected chi connectivity index (χ4v) is 2.73. The lowest BCUT2D eigenvalue weighted by Gasteiger charge is -2.36. The Morgan fingerprint density at radius 2 is 1.96 bits per heavy atom. The highest BCUT2D eigenvalue weighted by molar-refractivity contribution is 5.95. The van der Waals surface area contributed by atoms with E-state index in [9.17, 15) is 18.0 Å². The predicted octanol–water partition coefficient (Wildman–Crippen LogP) is 1.87. The van der Waals surface area contributed by atoms with Crippen LogP contribution >= 0.6 is 0 Å². The van der Waals surface area contributed by atoms with Gasteiger partial charge in [0.25, 0.3) is 5.91 Å². The van der Waals surface area contributed by atoms with E-state index in [1.807, 2.05) is 13.0 Å². The molecule has 1 heterocycles. The first kappa shape index (κ1) is 17.7. The summed E-state index contributed by atoms with van der Waals surface area (Å²) >= 11 is 0. The number of hydrogen-bond donors (Lipinski definition) is 2. The molecule has 4 nitrogen and oxygen atoms in total. The average Bonchev–Trinajstić information content (AvgIpc) is 2.50. The normalized spacial score (nSPS) is 17.8. The van der Waals surface area contributed by atoms with Crippen LogP contribution in [0.2, 0.25) is 0 Å². The van der Waals surface area contributed by atoms with E-state index < -0.39 is 24.7 Å². The number of aryl methyl sites for hydroxylation is 1. The highest BCUT2D eigenvalue weighted by Gasteiger charge is 2.43. The molecule has 0 aromatic heterocycles. The van der Waals surface area contributed by atoms with Gasteiger partial charge in [-0.2, -0.15) is 13.2 Å². The zero-order valence-electron chi connectivity index (χ0n) is 13.3. The van der Waals surface area contributed by atoms with E-state index >= 15 is 0 Å². The van der Waals surface area contributed by atoms with E-state index in [0.29, 0.717) is 31.7 Å². The molecule has 0 aliphatic carbocycles. The van der Waals surface area contributed by atoms with Crippen molar-refractivity contribution in [3.05, 3.63) is 34.9 Å². The maximum atomic E-state index is 13.3. The van der Waals surface area contributed by atoms with Crippen LogP contribution in [-0.2, 0) is 0 Å². The first-order valence-corrected chi connectivity index (χ1v) is 7.66. The van der Waals surface area contributed by atoms with E-state index in [1.165, 1.54) is 4.90 Å². The predicted molar refractivity (Wildman–Crippen MR) is 82.5 cm³/mol. The number of rotatable bonds is 4. The molecular weight excluding hydrogens is 307 g/mol. The number of hydrogen-bond acceptors (Lipinski definition) is 3. The number of amides is 1. The smallest absolute Gasteiger partial charge is 0.350 e. The van der Waals surface area contributed by atoms with Crippen LogP contribution in [-0.4, -0.2) is 55.7 Å². The summed E-state index contributed by atoms with van der Waals surface area (Å²) in [5.74, 6) is -0.462. The molecule has 2 N–H and O–H groups in total. The van der Waals surface area contributed by atoms with Gasteiger partial charge in [-0.3, -0.25) is 9.69 Å². The van der Waals surface area contributed by atoms with E-state index in [1.54, 1.807) is 19.1 Å². The number of piperazine rings is 1. The van der Waals surface area contributed by atoms with Crippen molar-refractivity contribution >= 4 is 5.91 Å². The minimum Gasteiger partial charge on any atom is -0.350 e. The fourth-order valence-electron chi connectivity index (χ4n) is 2.73. The van der Waals surface area contributed by atoms with E-state index in [4.69, 9.17) is 0 Å². The molecule has 1 fully saturated rings. The molecule has 128 valence electrons. The number of nitrogens with one attached hydrogen (secondary N) is 2. The number of halogens is 3. The molecule has 2 rings (SSSR count). The van der Waals surface area contributed by atoms with Crippen LogP contribution in [0.3, 0.4) is 0 Å². The molecule has 1 aliphatic heterocycles. The first-order valence-electron chi connectivity index (χ1n) is 7.66. The van der Waals surface area contributed by atoms with Crippen molar-refractivity contribution in [2.75, 3.05) is 32.7 Å². The van der Waals surface area contributed by atoms with Crippen LogP contribution in [0.4, 0.5) is 13.2 Å². The molecular formula is C16H22F3N3O. The Morgan fingerprint density at radius 3 is 2.57 bits per heavy atom. The summed E-state index contributed by atoms with van der Waals surface area (Å²) in [5, 5.41) is 5.48. The second kappa shape index (κ2) is 7.31. The fraction of sp³-hybridized carbons (Fsp3) is 0.562. The molecule has 23 heavy (non-hydrogen) atoms. The van der Waals surface area contributed by atoms with Crippen LogP contribution < -0.4 is 10.6 Å². The summed E-state index contributed by atoms with van der Waals surface area (Å²) in [5.41, 5.74) is 2.15. The SMILES string of the molecule is Cc1cccc(C(=O)NCC(N2CCNCC2)C(F)(F)F)c1C. The van der Waals surface area contributed by atoms with Crippen molar-refractivity contribution < 1.29 is 18.0 Å². The average molecular weight is 329 g/mol. The van der Waals surface area contributed by atoms with Gasteiger partial charge in [0, 0.05) is 38.3 Å². The van der Waals surface area contributed by atoms with Gasteiger partial charge in [-0.25, -0.2) is 0 Å². The minimum absolute atomic E-state index is 0.323. The van der Waals surface area contributed by atoms with Crippen molar-refractivity contribution in [2.24, 2.45) is 0 Å². The molecule has 1 aromatic rings. The lowest BCUT2D eigenvalue weighted by Crippen LogP contribution is -2.57. The summed E-state index contributed by atoms with van der Waals surface area (Å²) in [4.78, 5) is 13.6. The highest BCUT2D eigenvalue weighted by Crippen LogP contribution is 2.25. The molecule has 1 saturated heterocycles. The van der Waals surface area contributed by atoms with Gasteiger partial charge in [0.15, 0.2) is 0 Å². The summed E-state index contributed by atoms with van der Waals surface area (Å²) in [6.45, 7) is 4.92. The van der Waals surface area contributed by atoms with Crippen LogP contribution in [0.15, 0.2) is 18.2 Å². The summed E-state index contributed by atoms with van der Waals surface area (Å²) in [6.07, 6.45) is -4.37. The molecule has 0 radical (unpaired) electrons. The van der Waals surface area contributed by atoms with Crippen molar-refractivity contribution in [3.8, 4) is 0 Å². The third-order valence-electron chi connectivity index (χ3n) is 4.28. The Hall–Kier alpha value is -1.60. The molecule has 1 atom stereocenters. The maximum absolute atomic E-state index is 13.3. The molecule has 0 spiro atoms. The first-order chi connectivity index (χ1) is 10.8. The number of nitrogens with zero attached hydrogens (tertiary/aromatic N) is 1. The molecule has 0 bridgehead atoms. The van der Waals surface area contributed by atoms with Crippen LogP contribution in [0.5, 0.6) is 0 Å². The van der Waals surface area contributed by atoms with Crippen molar-refractivity contribution in [1.29, 1.82) is 0 Å². The summed E-state index contributed by atoms with van der Waals surface area (Å²) in [7, 11) is 0. The molecule has 1 aromatic carbocycles. The Balaban J connectivity index is 2.05. The largest absolute Gasteiger partial charge is 0.405 e. The van der Waals surface area contributed by atoms with Gasteiger partial charge in [-0.05, 0) is 31.0 Å².